The molecule has 2 N–H and O–H groups in total. The van der Waals surface area contributed by atoms with Gasteiger partial charge in [-0.2, -0.15) is 17.5 Å². The molecule has 0 aromatic heterocycles. The van der Waals surface area contributed by atoms with Crippen molar-refractivity contribution in [2.45, 2.75) is 23.5 Å². The third kappa shape index (κ3) is 3.91. The molecule has 0 bridgehead atoms. The van der Waals surface area contributed by atoms with Crippen LogP contribution in [0.4, 0.5) is 18.9 Å². The summed E-state index contributed by atoms with van der Waals surface area (Å²) in [4.78, 5) is 8.59. The van der Waals surface area contributed by atoms with Gasteiger partial charge in [0.2, 0.25) is 10.0 Å². The summed E-state index contributed by atoms with van der Waals surface area (Å²) in [5, 5.41) is 10.6. The molecule has 1 saturated heterocycles. The number of nitrogens with two attached hydrogens (primary N) is 1. The molecule has 1 aliphatic rings. The van der Waals surface area contributed by atoms with Gasteiger partial charge >= 0.3 is 6.18 Å². The maximum Gasteiger partial charge on any atom is 0.417 e. The molecule has 0 saturated carbocycles. The third-order valence-corrected chi connectivity index (χ3v) is 5.21. The largest absolute Gasteiger partial charge is 0.417 e. The summed E-state index contributed by atoms with van der Waals surface area (Å²) in [5.41, 5.74) is 3.19. The summed E-state index contributed by atoms with van der Waals surface area (Å²) in [5.74, 6) is 0. The van der Waals surface area contributed by atoms with Crippen LogP contribution in [-0.2, 0) is 16.2 Å². The van der Waals surface area contributed by atoms with Crippen molar-refractivity contribution in [3.05, 3.63) is 33.9 Å². The van der Waals surface area contributed by atoms with Crippen molar-refractivity contribution >= 4 is 28.1 Å². The summed E-state index contributed by atoms with van der Waals surface area (Å²) >= 11 is 0. The van der Waals surface area contributed by atoms with E-state index in [1.54, 1.807) is 0 Å². The van der Waals surface area contributed by atoms with E-state index in [4.69, 9.17) is 5.73 Å². The highest BCUT2D eigenvalue weighted by molar-refractivity contribution is 7.89. The normalized spacial score (nSPS) is 19.4. The van der Waals surface area contributed by atoms with E-state index in [-0.39, 0.29) is 31.6 Å². The van der Waals surface area contributed by atoms with Crippen LogP contribution in [0.2, 0.25) is 0 Å². The first-order chi connectivity index (χ1) is 10.0. The number of rotatable bonds is 3. The van der Waals surface area contributed by atoms with Gasteiger partial charge in [-0.15, -0.1) is 12.4 Å². The van der Waals surface area contributed by atoms with Crippen LogP contribution in [0.5, 0.6) is 0 Å². The van der Waals surface area contributed by atoms with Crippen molar-refractivity contribution in [2.24, 2.45) is 5.73 Å². The van der Waals surface area contributed by atoms with Crippen molar-refractivity contribution in [3.8, 4) is 0 Å². The Labute approximate surface area is 135 Å². The van der Waals surface area contributed by atoms with Crippen molar-refractivity contribution in [3.63, 3.8) is 0 Å². The number of alkyl halides is 3. The Kier molecular flexibility index (Phi) is 5.62. The van der Waals surface area contributed by atoms with Gasteiger partial charge in [-0.1, -0.05) is 0 Å². The second-order valence-corrected chi connectivity index (χ2v) is 6.75. The number of nitro groups is 1. The van der Waals surface area contributed by atoms with Crippen LogP contribution < -0.4 is 5.73 Å². The molecule has 1 heterocycles. The monoisotopic (exact) mass is 375 g/mol. The highest BCUT2D eigenvalue weighted by atomic mass is 35.5. The van der Waals surface area contributed by atoms with Gasteiger partial charge < -0.3 is 5.73 Å². The third-order valence-electron chi connectivity index (χ3n) is 3.28. The molecule has 0 spiro atoms. The average Bonchev–Trinajstić information content (AvgIpc) is 2.84. The highest BCUT2D eigenvalue weighted by Crippen LogP contribution is 2.37. The lowest BCUT2D eigenvalue weighted by molar-refractivity contribution is -0.385. The van der Waals surface area contributed by atoms with Crippen molar-refractivity contribution in [2.75, 3.05) is 13.1 Å². The molecular weight excluding hydrogens is 363 g/mol. The molecule has 0 amide bonds. The zero-order valence-electron chi connectivity index (χ0n) is 11.5. The average molecular weight is 376 g/mol. The van der Waals surface area contributed by atoms with Crippen molar-refractivity contribution in [1.29, 1.82) is 0 Å². The number of hydrogen-bond donors (Lipinski definition) is 1. The van der Waals surface area contributed by atoms with Gasteiger partial charge in [-0.25, -0.2) is 8.42 Å². The molecule has 0 unspecified atom stereocenters. The number of non-ortho nitro benzene ring substituents is 1. The fourth-order valence-electron chi connectivity index (χ4n) is 2.19. The van der Waals surface area contributed by atoms with E-state index in [2.05, 4.69) is 0 Å². The highest BCUT2D eigenvalue weighted by Gasteiger charge is 2.41. The smallest absolute Gasteiger partial charge is 0.326 e. The molecule has 1 aromatic rings. The minimum Gasteiger partial charge on any atom is -0.326 e. The van der Waals surface area contributed by atoms with Crippen LogP contribution in [0.1, 0.15) is 12.0 Å². The van der Waals surface area contributed by atoms with Crippen LogP contribution in [-0.4, -0.2) is 36.8 Å². The molecular formula is C11H13ClF3N3O4S. The minimum atomic E-state index is -5.03. The van der Waals surface area contributed by atoms with Crippen LogP contribution in [0.3, 0.4) is 0 Å². The zero-order valence-corrected chi connectivity index (χ0v) is 13.1. The van der Waals surface area contributed by atoms with Gasteiger partial charge in [0.1, 0.15) is 0 Å². The van der Waals surface area contributed by atoms with Crippen LogP contribution in [0.15, 0.2) is 23.1 Å². The zero-order chi connectivity index (χ0) is 16.7. The minimum absolute atomic E-state index is 0. The number of halogens is 4. The molecule has 2 rings (SSSR count). The predicted molar refractivity (Wildman–Crippen MR) is 76.7 cm³/mol. The van der Waals surface area contributed by atoms with Gasteiger partial charge in [0.15, 0.2) is 0 Å². The Bertz CT molecular complexity index is 711. The van der Waals surface area contributed by atoms with Gasteiger partial charge in [0, 0.05) is 31.3 Å². The van der Waals surface area contributed by atoms with Crippen LogP contribution in [0, 0.1) is 10.1 Å². The maximum atomic E-state index is 13.1. The molecule has 12 heteroatoms. The van der Waals surface area contributed by atoms with E-state index in [9.17, 15) is 31.7 Å². The Morgan fingerprint density at radius 2 is 1.96 bits per heavy atom. The number of nitro benzene ring substituents is 1. The van der Waals surface area contributed by atoms with E-state index in [0.29, 0.717) is 12.5 Å². The van der Waals surface area contributed by atoms with Gasteiger partial charge in [0.25, 0.3) is 5.69 Å². The number of nitrogens with zero attached hydrogens (tertiary/aromatic N) is 2. The Hall–Kier alpha value is -1.43. The summed E-state index contributed by atoms with van der Waals surface area (Å²) in [6.45, 7) is -0.0750. The number of hydrogen-bond acceptors (Lipinski definition) is 5. The van der Waals surface area contributed by atoms with Crippen molar-refractivity contribution in [1.82, 2.24) is 4.31 Å². The second kappa shape index (κ2) is 6.59. The number of benzene rings is 1. The van der Waals surface area contributed by atoms with E-state index in [1.165, 1.54) is 0 Å². The summed E-state index contributed by atoms with van der Waals surface area (Å²) in [6.07, 6.45) is -4.69. The van der Waals surface area contributed by atoms with Gasteiger partial charge in [-0.3, -0.25) is 10.1 Å². The van der Waals surface area contributed by atoms with Crippen LogP contribution >= 0.6 is 12.4 Å². The van der Waals surface area contributed by atoms with E-state index in [1.807, 2.05) is 0 Å². The molecule has 1 fully saturated rings. The quantitative estimate of drug-likeness (QED) is 0.640. The Morgan fingerprint density at radius 1 is 1.35 bits per heavy atom. The lowest BCUT2D eigenvalue weighted by Gasteiger charge is -2.19. The molecule has 1 aromatic carbocycles. The molecule has 23 heavy (non-hydrogen) atoms. The lowest BCUT2D eigenvalue weighted by atomic mass is 10.2. The SMILES string of the molecule is Cl.N[C@@H]1CCN(S(=O)(=O)c2ccc([N+](=O)[O-])cc2C(F)(F)F)C1. The maximum absolute atomic E-state index is 13.1. The van der Waals surface area contributed by atoms with Crippen LogP contribution in [0.25, 0.3) is 0 Å². The molecule has 0 radical (unpaired) electrons. The van der Waals surface area contributed by atoms with E-state index in [0.717, 1.165) is 10.4 Å². The van der Waals surface area contributed by atoms with E-state index >= 15 is 0 Å². The first kappa shape index (κ1) is 19.6. The van der Waals surface area contributed by atoms with Gasteiger partial charge in [0.05, 0.1) is 15.4 Å². The fraction of sp³-hybridized carbons (Fsp3) is 0.455. The standard InChI is InChI=1S/C11H12F3N3O4S.ClH/c12-11(13,14)9-5-8(17(18)19)1-2-10(9)22(20,21)16-4-3-7(15)6-16;/h1-2,5,7H,3-4,6,15H2;1H/t7-;/m1./s1. The lowest BCUT2D eigenvalue weighted by Crippen LogP contribution is -2.33. The second-order valence-electron chi connectivity index (χ2n) is 4.85. The first-order valence-electron chi connectivity index (χ1n) is 6.15. The van der Waals surface area contributed by atoms with Crippen molar-refractivity contribution < 1.29 is 26.5 Å². The predicted octanol–water partition coefficient (Wildman–Crippen LogP) is 1.76. The first-order valence-corrected chi connectivity index (χ1v) is 7.59. The summed E-state index contributed by atoms with van der Waals surface area (Å²) < 4.78 is 64.7. The number of sulfonamides is 1. The molecule has 7 nitrogen and oxygen atoms in total. The molecule has 1 atom stereocenters. The summed E-state index contributed by atoms with van der Waals surface area (Å²) in [7, 11) is -4.42. The molecule has 130 valence electrons. The topological polar surface area (TPSA) is 107 Å². The fourth-order valence-corrected chi connectivity index (χ4v) is 3.89. The van der Waals surface area contributed by atoms with Gasteiger partial charge in [-0.05, 0) is 12.5 Å². The van der Waals surface area contributed by atoms with E-state index < -0.39 is 43.3 Å². The molecule has 1 aliphatic heterocycles. The molecule has 0 aliphatic carbocycles. The summed E-state index contributed by atoms with van der Waals surface area (Å²) in [6, 6.07) is 1.13. The Balaban J connectivity index is 0.00000264. The Morgan fingerprint density at radius 3 is 2.39 bits per heavy atom.